The number of hydrogen-bond acceptors (Lipinski definition) is 9. The molecular formula is C43H40F2N8OS2. The monoisotopic (exact) mass is 786 g/mol. The van der Waals surface area contributed by atoms with Crippen molar-refractivity contribution in [3.63, 3.8) is 0 Å². The molecule has 0 radical (unpaired) electrons. The highest BCUT2D eigenvalue weighted by Crippen LogP contribution is 2.43. The first-order valence-corrected chi connectivity index (χ1v) is 20.7. The van der Waals surface area contributed by atoms with Gasteiger partial charge in [0.05, 0.1) is 31.8 Å². The molecule has 0 bridgehead atoms. The zero-order valence-corrected chi connectivity index (χ0v) is 32.7. The van der Waals surface area contributed by atoms with E-state index in [1.165, 1.54) is 24.3 Å². The van der Waals surface area contributed by atoms with Crippen LogP contribution < -0.4 is 9.80 Å². The third-order valence-electron chi connectivity index (χ3n) is 11.6. The van der Waals surface area contributed by atoms with Gasteiger partial charge in [0.15, 0.2) is 15.7 Å². The molecule has 284 valence electrons. The first-order valence-electron chi connectivity index (χ1n) is 19.1. The van der Waals surface area contributed by atoms with Gasteiger partial charge in [-0.3, -0.25) is 23.4 Å². The fourth-order valence-electron chi connectivity index (χ4n) is 8.75. The van der Waals surface area contributed by atoms with Crippen LogP contribution in [0.15, 0.2) is 97.1 Å². The molecule has 2 unspecified atom stereocenters. The Kier molecular flexibility index (Phi) is 8.85. The number of anilines is 2. The van der Waals surface area contributed by atoms with Crippen LogP contribution in [-0.4, -0.2) is 86.7 Å². The standard InChI is InChI=1S/C43H40F2N8OS2/c1-27-40(55-42-46-33-7-3-5-9-35(33)52(27)42)37(50-23-19-48(20-24-50)31-15-11-29(44)12-16-31)39(54)38(51-25-21-49(22-26-51)32-17-13-30(45)14-18-32)41-28(2)53-36-10-6-4-8-34(36)47-43(53)56-41/h3-18,37-38H,19-26H2,1-2H3. The molecular weight excluding hydrogens is 747 g/mol. The number of nitrogens with zero attached hydrogens (tertiary/aromatic N) is 8. The molecule has 6 heterocycles. The van der Waals surface area contributed by atoms with E-state index in [4.69, 9.17) is 9.97 Å². The Balaban J connectivity index is 1.07. The fraction of sp³-hybridized carbons (Fsp3) is 0.279. The lowest BCUT2D eigenvalue weighted by molar-refractivity contribution is -0.130. The predicted octanol–water partition coefficient (Wildman–Crippen LogP) is 8.30. The number of halogens is 2. The Hall–Kier alpha value is -5.21. The topological polar surface area (TPSA) is 64.6 Å². The van der Waals surface area contributed by atoms with Crippen LogP contribution in [0, 0.1) is 25.5 Å². The maximum absolute atomic E-state index is 16.0. The summed E-state index contributed by atoms with van der Waals surface area (Å²) >= 11 is 3.22. The second-order valence-electron chi connectivity index (χ2n) is 14.7. The third kappa shape index (κ3) is 5.96. The van der Waals surface area contributed by atoms with Crippen molar-refractivity contribution in [1.29, 1.82) is 0 Å². The number of rotatable bonds is 8. The van der Waals surface area contributed by atoms with Crippen LogP contribution in [0.25, 0.3) is 32.0 Å². The summed E-state index contributed by atoms with van der Waals surface area (Å²) in [4.78, 5) is 39.1. The third-order valence-corrected chi connectivity index (χ3v) is 14.0. The molecule has 2 aliphatic heterocycles. The molecule has 0 amide bonds. The van der Waals surface area contributed by atoms with Crippen LogP contribution in [0.5, 0.6) is 0 Å². The van der Waals surface area contributed by atoms with E-state index in [1.54, 1.807) is 22.7 Å². The number of para-hydroxylation sites is 4. The van der Waals surface area contributed by atoms with E-state index in [0.717, 1.165) is 64.5 Å². The number of ketones is 1. The molecule has 4 aromatic heterocycles. The van der Waals surface area contributed by atoms with Crippen LogP contribution >= 0.6 is 22.7 Å². The second kappa shape index (κ2) is 14.1. The van der Waals surface area contributed by atoms with Gasteiger partial charge in [-0.2, -0.15) is 0 Å². The molecule has 4 aromatic carbocycles. The van der Waals surface area contributed by atoms with E-state index >= 15 is 4.79 Å². The van der Waals surface area contributed by atoms with Gasteiger partial charge in [-0.25, -0.2) is 18.7 Å². The molecule has 2 saturated heterocycles. The summed E-state index contributed by atoms with van der Waals surface area (Å²) in [5.74, 6) is -0.362. The van der Waals surface area contributed by atoms with Gasteiger partial charge in [0.2, 0.25) is 0 Å². The maximum Gasteiger partial charge on any atom is 0.195 e. The SMILES string of the molecule is Cc1c(C(C(=O)C(c2sc3nc4ccccc4n3c2C)N2CCN(c3ccc(F)cc3)CC2)N2CCN(c3ccc(F)cc3)CC2)sc2nc3ccccc3n12. The van der Waals surface area contributed by atoms with Gasteiger partial charge in [0.25, 0.3) is 0 Å². The van der Waals surface area contributed by atoms with Gasteiger partial charge in [-0.05, 0) is 86.6 Å². The minimum atomic E-state index is -0.526. The second-order valence-corrected chi connectivity index (χ2v) is 16.8. The van der Waals surface area contributed by atoms with E-state index in [0.29, 0.717) is 52.4 Å². The van der Waals surface area contributed by atoms with Gasteiger partial charge in [-0.1, -0.05) is 46.9 Å². The number of piperazine rings is 2. The molecule has 10 rings (SSSR count). The first kappa shape index (κ1) is 35.2. The highest BCUT2D eigenvalue weighted by atomic mass is 32.1. The van der Waals surface area contributed by atoms with Gasteiger partial charge < -0.3 is 9.80 Å². The normalized spacial score (nSPS) is 17.1. The predicted molar refractivity (Wildman–Crippen MR) is 221 cm³/mol. The van der Waals surface area contributed by atoms with Crippen molar-refractivity contribution in [3.05, 3.63) is 130 Å². The van der Waals surface area contributed by atoms with Crippen LogP contribution in [0.4, 0.5) is 20.2 Å². The minimum Gasteiger partial charge on any atom is -0.369 e. The number of fused-ring (bicyclic) bond motifs is 6. The first-order chi connectivity index (χ1) is 27.3. The summed E-state index contributed by atoms with van der Waals surface area (Å²) in [5, 5.41) is 0. The van der Waals surface area contributed by atoms with Crippen molar-refractivity contribution in [2.75, 3.05) is 62.2 Å². The van der Waals surface area contributed by atoms with Crippen LogP contribution in [0.2, 0.25) is 0 Å². The number of carbonyl (C=O) groups excluding carboxylic acids is 1. The van der Waals surface area contributed by atoms with E-state index < -0.39 is 12.1 Å². The van der Waals surface area contributed by atoms with Gasteiger partial charge in [0, 0.05) is 75.1 Å². The maximum atomic E-state index is 16.0. The summed E-state index contributed by atoms with van der Waals surface area (Å²) in [6.07, 6.45) is 0. The smallest absolute Gasteiger partial charge is 0.195 e. The van der Waals surface area contributed by atoms with Crippen molar-refractivity contribution in [2.24, 2.45) is 0 Å². The van der Waals surface area contributed by atoms with Gasteiger partial charge in [0.1, 0.15) is 23.7 Å². The lowest BCUT2D eigenvalue weighted by Gasteiger charge is -2.43. The van der Waals surface area contributed by atoms with E-state index in [-0.39, 0.29) is 17.4 Å². The molecule has 2 fully saturated rings. The molecule has 0 N–H and O–H groups in total. The van der Waals surface area contributed by atoms with Crippen molar-refractivity contribution < 1.29 is 13.6 Å². The van der Waals surface area contributed by atoms with Gasteiger partial charge >= 0.3 is 0 Å². The molecule has 8 aromatic rings. The Bertz CT molecular complexity index is 2530. The van der Waals surface area contributed by atoms with Crippen molar-refractivity contribution in [2.45, 2.75) is 25.9 Å². The summed E-state index contributed by atoms with van der Waals surface area (Å²) in [6.45, 7) is 9.72. The zero-order valence-electron chi connectivity index (χ0n) is 31.1. The number of aromatic nitrogens is 4. The molecule has 9 nitrogen and oxygen atoms in total. The van der Waals surface area contributed by atoms with E-state index in [9.17, 15) is 8.78 Å². The number of imidazole rings is 2. The number of thiazole rings is 2. The average molecular weight is 787 g/mol. The lowest BCUT2D eigenvalue weighted by Crippen LogP contribution is -2.53. The molecule has 2 atom stereocenters. The van der Waals surface area contributed by atoms with Crippen molar-refractivity contribution >= 4 is 71.8 Å². The van der Waals surface area contributed by atoms with Crippen LogP contribution in [0.1, 0.15) is 33.2 Å². The molecule has 56 heavy (non-hydrogen) atoms. The fourth-order valence-corrected chi connectivity index (χ4v) is 11.3. The minimum absolute atomic E-state index is 0.143. The molecule has 0 aliphatic carbocycles. The number of carbonyl (C=O) groups is 1. The zero-order chi connectivity index (χ0) is 38.1. The van der Waals surface area contributed by atoms with Crippen molar-refractivity contribution in [1.82, 2.24) is 28.6 Å². The van der Waals surface area contributed by atoms with Crippen LogP contribution in [-0.2, 0) is 4.79 Å². The highest BCUT2D eigenvalue weighted by molar-refractivity contribution is 7.18. The Morgan fingerprint density at radius 1 is 0.554 bits per heavy atom. The summed E-state index contributed by atoms with van der Waals surface area (Å²) in [6, 6.07) is 28.6. The molecule has 13 heteroatoms. The molecule has 0 spiro atoms. The lowest BCUT2D eigenvalue weighted by atomic mass is 9.96. The van der Waals surface area contributed by atoms with Crippen LogP contribution in [0.3, 0.4) is 0 Å². The molecule has 0 saturated carbocycles. The largest absolute Gasteiger partial charge is 0.369 e. The number of aryl methyl sites for hydroxylation is 2. The highest BCUT2D eigenvalue weighted by Gasteiger charge is 2.43. The number of benzene rings is 4. The summed E-state index contributed by atoms with van der Waals surface area (Å²) < 4.78 is 32.1. The Morgan fingerprint density at radius 3 is 1.32 bits per heavy atom. The molecule has 2 aliphatic rings. The van der Waals surface area contributed by atoms with E-state index in [1.807, 2.05) is 60.7 Å². The number of Topliss-reactive ketones (excluding diaryl/α,β-unsaturated/α-hetero) is 1. The van der Waals surface area contributed by atoms with Gasteiger partial charge in [-0.15, -0.1) is 0 Å². The summed E-state index contributed by atoms with van der Waals surface area (Å²) in [5.41, 5.74) is 7.96. The average Bonchev–Trinajstić information content (AvgIpc) is 3.95. The number of hydrogen-bond donors (Lipinski definition) is 0. The quantitative estimate of drug-likeness (QED) is 0.154. The van der Waals surface area contributed by atoms with Crippen molar-refractivity contribution in [3.8, 4) is 0 Å². The summed E-state index contributed by atoms with van der Waals surface area (Å²) in [7, 11) is 0. The van der Waals surface area contributed by atoms with E-state index in [2.05, 4.69) is 54.4 Å². The Morgan fingerprint density at radius 2 is 0.929 bits per heavy atom. The Labute approximate surface area is 330 Å².